The molecule has 0 saturated carbocycles. The van der Waals surface area contributed by atoms with Gasteiger partial charge in [0.2, 0.25) is 0 Å². The number of thiophene rings is 2. The van der Waals surface area contributed by atoms with Crippen LogP contribution in [0.15, 0.2) is 126 Å². The second-order valence-corrected chi connectivity index (χ2v) is 15.5. The molecule has 0 fully saturated rings. The fourth-order valence-electron chi connectivity index (χ4n) is 8.50. The first-order valence-electron chi connectivity index (χ1n) is 16.4. The highest BCUT2D eigenvalue weighted by molar-refractivity contribution is 7.25. The predicted octanol–water partition coefficient (Wildman–Crippen LogP) is 13.1. The van der Waals surface area contributed by atoms with Crippen LogP contribution in [0, 0.1) is 0 Å². The van der Waals surface area contributed by atoms with Crippen LogP contribution in [0.1, 0.15) is 40.5 Å². The summed E-state index contributed by atoms with van der Waals surface area (Å²) >= 11 is 3.87. The van der Waals surface area contributed by atoms with Crippen LogP contribution in [-0.4, -0.2) is 0 Å². The van der Waals surface area contributed by atoms with Crippen molar-refractivity contribution in [2.24, 2.45) is 0 Å². The van der Waals surface area contributed by atoms with Crippen molar-refractivity contribution in [3.63, 3.8) is 0 Å². The summed E-state index contributed by atoms with van der Waals surface area (Å²) in [7, 11) is 0. The predicted molar refractivity (Wildman–Crippen MR) is 202 cm³/mol. The molecule has 3 aromatic heterocycles. The number of para-hydroxylation sites is 1. The van der Waals surface area contributed by atoms with Crippen LogP contribution in [0.5, 0.6) is 0 Å². The van der Waals surface area contributed by atoms with E-state index in [1.54, 1.807) is 0 Å². The molecule has 222 valence electrons. The van der Waals surface area contributed by atoms with Gasteiger partial charge in [-0.1, -0.05) is 84.9 Å². The average molecular weight is 637 g/mol. The van der Waals surface area contributed by atoms with E-state index in [0.717, 1.165) is 24.0 Å². The van der Waals surface area contributed by atoms with Gasteiger partial charge in [0.05, 0.1) is 0 Å². The molecule has 2 aliphatic carbocycles. The Balaban J connectivity index is 1.07. The maximum atomic E-state index is 6.22. The number of rotatable bonds is 2. The van der Waals surface area contributed by atoms with Crippen LogP contribution in [-0.2, 0) is 11.8 Å². The van der Waals surface area contributed by atoms with Crippen LogP contribution in [0.4, 0.5) is 0 Å². The van der Waals surface area contributed by atoms with Crippen LogP contribution in [0.25, 0.3) is 80.5 Å². The van der Waals surface area contributed by atoms with Gasteiger partial charge in [-0.3, -0.25) is 0 Å². The van der Waals surface area contributed by atoms with Crippen LogP contribution in [0.2, 0.25) is 0 Å². The molecule has 1 atom stereocenters. The maximum absolute atomic E-state index is 6.22. The summed E-state index contributed by atoms with van der Waals surface area (Å²) in [5, 5.41) is 6.44. The molecule has 2 aliphatic rings. The molecule has 3 heterocycles. The zero-order valence-corrected chi connectivity index (χ0v) is 27.4. The van der Waals surface area contributed by atoms with E-state index < -0.39 is 0 Å². The van der Waals surface area contributed by atoms with Gasteiger partial charge in [-0.05, 0) is 107 Å². The van der Waals surface area contributed by atoms with Crippen LogP contribution in [0.3, 0.4) is 0 Å². The molecule has 6 aromatic carbocycles. The van der Waals surface area contributed by atoms with Gasteiger partial charge in [-0.2, -0.15) is 0 Å². The van der Waals surface area contributed by atoms with Crippen molar-refractivity contribution < 1.29 is 4.42 Å². The van der Waals surface area contributed by atoms with E-state index in [1.807, 2.05) is 34.8 Å². The van der Waals surface area contributed by atoms with Crippen molar-refractivity contribution in [2.45, 2.75) is 25.2 Å². The van der Waals surface area contributed by atoms with Crippen molar-refractivity contribution in [1.82, 2.24) is 0 Å². The Kier molecular flexibility index (Phi) is 5.18. The average Bonchev–Trinajstić information content (AvgIpc) is 3.86. The smallest absolute Gasteiger partial charge is 0.136 e. The van der Waals surface area contributed by atoms with E-state index in [2.05, 4.69) is 122 Å². The SMILES string of the molecule is CC1(c2ccc3sc4cc(-c5ccc6c(c5)oc5ccccc56)ccc4c3c2)c2ccccc2-c2c1ccc1sc3c(c21)C=CCC3. The molecule has 47 heavy (non-hydrogen) atoms. The first kappa shape index (κ1) is 26.1. The Morgan fingerprint density at radius 2 is 1.43 bits per heavy atom. The molecule has 3 heteroatoms. The van der Waals surface area contributed by atoms with Gasteiger partial charge < -0.3 is 4.42 Å². The minimum absolute atomic E-state index is 0.238. The lowest BCUT2D eigenvalue weighted by Gasteiger charge is -2.28. The third-order valence-electron chi connectivity index (χ3n) is 10.8. The first-order valence-corrected chi connectivity index (χ1v) is 18.0. The zero-order valence-electron chi connectivity index (χ0n) is 25.8. The molecule has 11 rings (SSSR count). The first-order chi connectivity index (χ1) is 23.1. The maximum Gasteiger partial charge on any atom is 0.136 e. The summed E-state index contributed by atoms with van der Waals surface area (Å²) in [4.78, 5) is 1.53. The van der Waals surface area contributed by atoms with E-state index in [4.69, 9.17) is 4.42 Å². The Morgan fingerprint density at radius 1 is 0.617 bits per heavy atom. The lowest BCUT2D eigenvalue weighted by Crippen LogP contribution is -2.22. The van der Waals surface area contributed by atoms with Crippen molar-refractivity contribution >= 4 is 80.9 Å². The molecule has 1 nitrogen and oxygen atoms in total. The summed E-state index contributed by atoms with van der Waals surface area (Å²) < 4.78 is 10.3. The van der Waals surface area contributed by atoms with Gasteiger partial charge in [0.25, 0.3) is 0 Å². The highest BCUT2D eigenvalue weighted by Gasteiger charge is 2.42. The Labute approximate surface area is 280 Å². The molecular formula is C44H28OS2. The second-order valence-electron chi connectivity index (χ2n) is 13.2. The molecule has 0 radical (unpaired) electrons. The van der Waals surface area contributed by atoms with Gasteiger partial charge in [0.15, 0.2) is 0 Å². The summed E-state index contributed by atoms with van der Waals surface area (Å²) in [6.45, 7) is 2.44. The largest absolute Gasteiger partial charge is 0.456 e. The van der Waals surface area contributed by atoms with E-state index >= 15 is 0 Å². The Morgan fingerprint density at radius 3 is 2.38 bits per heavy atom. The molecule has 0 spiro atoms. The minimum Gasteiger partial charge on any atom is -0.456 e. The van der Waals surface area contributed by atoms with E-state index in [1.165, 1.54) is 90.4 Å². The number of benzene rings is 6. The van der Waals surface area contributed by atoms with Gasteiger partial charge in [0, 0.05) is 51.3 Å². The molecule has 0 N–H and O–H groups in total. The normalized spacial score (nSPS) is 16.9. The van der Waals surface area contributed by atoms with Crippen LogP contribution >= 0.6 is 22.7 Å². The third-order valence-corrected chi connectivity index (χ3v) is 13.2. The lowest BCUT2D eigenvalue weighted by atomic mass is 9.74. The van der Waals surface area contributed by atoms with E-state index in [0.29, 0.717) is 0 Å². The Bertz CT molecular complexity index is 2820. The Hall–Kier alpha value is -4.96. The highest BCUT2D eigenvalue weighted by atomic mass is 32.1. The molecule has 0 saturated heterocycles. The van der Waals surface area contributed by atoms with Gasteiger partial charge in [-0.25, -0.2) is 0 Å². The summed E-state index contributed by atoms with van der Waals surface area (Å²) in [6, 6.07) is 43.0. The molecule has 9 aromatic rings. The molecule has 0 amide bonds. The lowest BCUT2D eigenvalue weighted by molar-refractivity contribution is 0.669. The fraction of sp³-hybridized carbons (Fsp3) is 0.0909. The number of allylic oxidation sites excluding steroid dienone is 1. The minimum atomic E-state index is -0.238. The summed E-state index contributed by atoms with van der Waals surface area (Å²) in [5.74, 6) is 0. The van der Waals surface area contributed by atoms with E-state index in [9.17, 15) is 0 Å². The topological polar surface area (TPSA) is 13.1 Å². The van der Waals surface area contributed by atoms with Gasteiger partial charge in [0.1, 0.15) is 11.2 Å². The van der Waals surface area contributed by atoms with Crippen molar-refractivity contribution in [3.05, 3.63) is 148 Å². The third kappa shape index (κ3) is 3.48. The number of aryl methyl sites for hydroxylation is 1. The molecule has 1 unspecified atom stereocenters. The van der Waals surface area contributed by atoms with Gasteiger partial charge in [-0.15, -0.1) is 22.7 Å². The van der Waals surface area contributed by atoms with E-state index in [-0.39, 0.29) is 5.41 Å². The number of furan rings is 1. The monoisotopic (exact) mass is 636 g/mol. The zero-order chi connectivity index (χ0) is 30.9. The highest BCUT2D eigenvalue weighted by Crippen LogP contribution is 2.57. The number of fused-ring (bicyclic) bond motifs is 13. The van der Waals surface area contributed by atoms with Crippen molar-refractivity contribution in [2.75, 3.05) is 0 Å². The molecule has 0 aliphatic heterocycles. The fourth-order valence-corrected chi connectivity index (χ4v) is 10.8. The number of hydrogen-bond donors (Lipinski definition) is 0. The summed E-state index contributed by atoms with van der Waals surface area (Å²) in [5.41, 5.74) is 12.5. The second kappa shape index (κ2) is 9.32. The quantitative estimate of drug-likeness (QED) is 0.184. The van der Waals surface area contributed by atoms with Gasteiger partial charge >= 0.3 is 0 Å². The number of hydrogen-bond acceptors (Lipinski definition) is 3. The molecule has 0 bridgehead atoms. The standard InChI is InChI=1S/C44H28OS2/c1-44(34-11-5-2-9-31(34)42-35(44)19-21-40-43(42)32-10-4-7-13-38(32)46-40)27-16-20-39-33(24-27)30-18-15-26(23-41(30)47-39)25-14-17-29-28-8-3-6-12-36(28)45-37(29)22-25/h2-6,8-12,14-24H,7,13H2,1H3. The van der Waals surface area contributed by atoms with Crippen LogP contribution < -0.4 is 0 Å². The molecular weight excluding hydrogens is 609 g/mol. The van der Waals surface area contributed by atoms with Crippen molar-refractivity contribution in [1.29, 1.82) is 0 Å². The summed E-state index contributed by atoms with van der Waals surface area (Å²) in [6.07, 6.45) is 7.02. The van der Waals surface area contributed by atoms with Crippen molar-refractivity contribution in [3.8, 4) is 22.3 Å².